The van der Waals surface area contributed by atoms with Crippen molar-refractivity contribution in [3.63, 3.8) is 0 Å². The lowest BCUT2D eigenvalue weighted by atomic mass is 9.78. The molecule has 0 aromatic heterocycles. The molecule has 2 N–H and O–H groups in total. The normalized spacial score (nSPS) is 23.2. The second-order valence-electron chi connectivity index (χ2n) is 5.28. The van der Waals surface area contributed by atoms with E-state index in [0.29, 0.717) is 0 Å². The highest BCUT2D eigenvalue weighted by Gasteiger charge is 2.41. The van der Waals surface area contributed by atoms with Crippen molar-refractivity contribution in [1.29, 1.82) is 0 Å². The van der Waals surface area contributed by atoms with Gasteiger partial charge >= 0.3 is 0 Å². The van der Waals surface area contributed by atoms with E-state index in [4.69, 9.17) is 5.73 Å². The molecule has 5 nitrogen and oxygen atoms in total. The van der Waals surface area contributed by atoms with Gasteiger partial charge in [0.05, 0.1) is 6.54 Å². The first-order chi connectivity index (χ1) is 8.06. The van der Waals surface area contributed by atoms with Crippen LogP contribution in [0.1, 0.15) is 26.2 Å². The summed E-state index contributed by atoms with van der Waals surface area (Å²) in [5, 5.41) is 0. The summed E-state index contributed by atoms with van der Waals surface area (Å²) in [6.45, 7) is 5.05. The average Bonchev–Trinajstić information content (AvgIpc) is 2.73. The van der Waals surface area contributed by atoms with E-state index in [9.17, 15) is 9.59 Å². The average molecular weight is 239 g/mol. The Bertz CT molecular complexity index is 322. The van der Waals surface area contributed by atoms with Crippen molar-refractivity contribution in [2.45, 2.75) is 26.2 Å². The van der Waals surface area contributed by atoms with Crippen LogP contribution in [0.2, 0.25) is 0 Å². The monoisotopic (exact) mass is 239 g/mol. The fourth-order valence-corrected chi connectivity index (χ4v) is 2.98. The molecule has 5 heteroatoms. The third kappa shape index (κ3) is 2.44. The predicted molar refractivity (Wildman–Crippen MR) is 64.2 cm³/mol. The van der Waals surface area contributed by atoms with Crippen LogP contribution in [0.25, 0.3) is 0 Å². The third-order valence-corrected chi connectivity index (χ3v) is 4.24. The van der Waals surface area contributed by atoms with Crippen molar-refractivity contribution in [2.24, 2.45) is 11.1 Å². The molecule has 2 heterocycles. The Morgan fingerprint density at radius 3 is 2.12 bits per heavy atom. The summed E-state index contributed by atoms with van der Waals surface area (Å²) in [5.41, 5.74) is 5.63. The lowest BCUT2D eigenvalue weighted by Crippen LogP contribution is -2.44. The fourth-order valence-electron chi connectivity index (χ4n) is 2.98. The number of carbonyl (C=O) groups is 2. The molecule has 0 unspecified atom stereocenters. The number of rotatable bonds is 1. The highest BCUT2D eigenvalue weighted by molar-refractivity contribution is 5.78. The Morgan fingerprint density at radius 1 is 1.12 bits per heavy atom. The minimum atomic E-state index is 0.0517. The zero-order chi connectivity index (χ0) is 12.5. The van der Waals surface area contributed by atoms with Gasteiger partial charge in [0.1, 0.15) is 0 Å². The zero-order valence-electron chi connectivity index (χ0n) is 10.4. The molecule has 2 amide bonds. The van der Waals surface area contributed by atoms with E-state index in [-0.39, 0.29) is 23.8 Å². The van der Waals surface area contributed by atoms with Gasteiger partial charge in [-0.2, -0.15) is 0 Å². The van der Waals surface area contributed by atoms with E-state index in [1.807, 2.05) is 9.80 Å². The number of piperidine rings is 1. The summed E-state index contributed by atoms with van der Waals surface area (Å²) in [7, 11) is 0. The van der Waals surface area contributed by atoms with Crippen LogP contribution in [-0.4, -0.2) is 54.3 Å². The minimum Gasteiger partial charge on any atom is -0.343 e. The standard InChI is InChI=1S/C12H21N3O2/c1-10(16)14-5-2-12(3-6-14)4-7-15(9-12)11(17)8-13/h2-9,13H2,1H3. The van der Waals surface area contributed by atoms with Gasteiger partial charge in [0.25, 0.3) is 0 Å². The molecular weight excluding hydrogens is 218 g/mol. The van der Waals surface area contributed by atoms with Gasteiger partial charge in [0, 0.05) is 33.1 Å². The Hall–Kier alpha value is -1.10. The Morgan fingerprint density at radius 2 is 1.65 bits per heavy atom. The van der Waals surface area contributed by atoms with Gasteiger partial charge in [-0.25, -0.2) is 0 Å². The Kier molecular flexibility index (Phi) is 3.38. The lowest BCUT2D eigenvalue weighted by Gasteiger charge is -2.38. The van der Waals surface area contributed by atoms with Gasteiger partial charge in [0.2, 0.25) is 11.8 Å². The number of likely N-dealkylation sites (tertiary alicyclic amines) is 2. The molecule has 2 fully saturated rings. The molecule has 0 aromatic carbocycles. The fraction of sp³-hybridized carbons (Fsp3) is 0.833. The van der Waals surface area contributed by atoms with Crippen LogP contribution in [0.4, 0.5) is 0 Å². The van der Waals surface area contributed by atoms with Crippen molar-refractivity contribution < 1.29 is 9.59 Å². The quantitative estimate of drug-likeness (QED) is 0.689. The van der Waals surface area contributed by atoms with E-state index < -0.39 is 0 Å². The summed E-state index contributed by atoms with van der Waals surface area (Å²) in [5.74, 6) is 0.212. The molecule has 0 saturated carbocycles. The number of carbonyl (C=O) groups excluding carboxylic acids is 2. The number of nitrogens with two attached hydrogens (primary N) is 1. The van der Waals surface area contributed by atoms with Crippen LogP contribution < -0.4 is 5.73 Å². The van der Waals surface area contributed by atoms with Gasteiger partial charge in [-0.3, -0.25) is 9.59 Å². The zero-order valence-corrected chi connectivity index (χ0v) is 10.4. The van der Waals surface area contributed by atoms with Crippen molar-refractivity contribution >= 4 is 11.8 Å². The van der Waals surface area contributed by atoms with Gasteiger partial charge in [-0.1, -0.05) is 0 Å². The van der Waals surface area contributed by atoms with E-state index >= 15 is 0 Å². The first-order valence-electron chi connectivity index (χ1n) is 6.30. The second kappa shape index (κ2) is 4.64. The first kappa shape index (κ1) is 12.4. The molecule has 96 valence electrons. The van der Waals surface area contributed by atoms with Crippen LogP contribution in [0.15, 0.2) is 0 Å². The van der Waals surface area contributed by atoms with Crippen LogP contribution in [0, 0.1) is 5.41 Å². The number of hydrogen-bond acceptors (Lipinski definition) is 3. The van der Waals surface area contributed by atoms with E-state index in [2.05, 4.69) is 0 Å². The first-order valence-corrected chi connectivity index (χ1v) is 6.30. The van der Waals surface area contributed by atoms with Crippen LogP contribution in [0.5, 0.6) is 0 Å². The summed E-state index contributed by atoms with van der Waals surface area (Å²) in [6.07, 6.45) is 3.09. The molecule has 0 aliphatic carbocycles. The predicted octanol–water partition coefficient (Wildman–Crippen LogP) is -0.194. The summed E-state index contributed by atoms with van der Waals surface area (Å²) < 4.78 is 0. The van der Waals surface area contributed by atoms with Crippen LogP contribution in [-0.2, 0) is 9.59 Å². The molecule has 0 aromatic rings. The SMILES string of the molecule is CC(=O)N1CCC2(CC1)CCN(C(=O)CN)C2. The highest BCUT2D eigenvalue weighted by atomic mass is 16.2. The topological polar surface area (TPSA) is 66.6 Å². The van der Waals surface area contributed by atoms with Crippen molar-refractivity contribution in [2.75, 3.05) is 32.7 Å². The maximum atomic E-state index is 11.5. The molecule has 0 radical (unpaired) electrons. The molecule has 2 rings (SSSR count). The van der Waals surface area contributed by atoms with Gasteiger partial charge < -0.3 is 15.5 Å². The largest absolute Gasteiger partial charge is 0.343 e. The summed E-state index contributed by atoms with van der Waals surface area (Å²) in [4.78, 5) is 26.6. The molecule has 2 saturated heterocycles. The maximum absolute atomic E-state index is 11.5. The van der Waals surface area contributed by atoms with Crippen molar-refractivity contribution in [3.05, 3.63) is 0 Å². The molecule has 0 atom stereocenters. The maximum Gasteiger partial charge on any atom is 0.236 e. The van der Waals surface area contributed by atoms with E-state index in [1.165, 1.54) is 0 Å². The molecule has 17 heavy (non-hydrogen) atoms. The molecule has 1 spiro atoms. The van der Waals surface area contributed by atoms with Crippen molar-refractivity contribution in [1.82, 2.24) is 9.80 Å². The number of nitrogens with zero attached hydrogens (tertiary/aromatic N) is 2. The smallest absolute Gasteiger partial charge is 0.236 e. The summed E-state index contributed by atoms with van der Waals surface area (Å²) >= 11 is 0. The van der Waals surface area contributed by atoms with Gasteiger partial charge in [-0.15, -0.1) is 0 Å². The second-order valence-corrected chi connectivity index (χ2v) is 5.28. The van der Waals surface area contributed by atoms with E-state index in [1.54, 1.807) is 6.92 Å². The third-order valence-electron chi connectivity index (χ3n) is 4.24. The van der Waals surface area contributed by atoms with Crippen LogP contribution in [0.3, 0.4) is 0 Å². The number of hydrogen-bond donors (Lipinski definition) is 1. The van der Waals surface area contributed by atoms with Crippen LogP contribution >= 0.6 is 0 Å². The Labute approximate surface area is 102 Å². The lowest BCUT2D eigenvalue weighted by molar-refractivity contribution is -0.132. The van der Waals surface area contributed by atoms with Gasteiger partial charge in [0.15, 0.2) is 0 Å². The summed E-state index contributed by atoms with van der Waals surface area (Å²) in [6, 6.07) is 0. The highest BCUT2D eigenvalue weighted by Crippen LogP contribution is 2.40. The van der Waals surface area contributed by atoms with Gasteiger partial charge in [-0.05, 0) is 24.7 Å². The molecular formula is C12H21N3O2. The number of amides is 2. The van der Waals surface area contributed by atoms with E-state index in [0.717, 1.165) is 45.4 Å². The Balaban J connectivity index is 1.92. The molecule has 2 aliphatic heterocycles. The molecule has 2 aliphatic rings. The molecule has 0 bridgehead atoms. The minimum absolute atomic E-state index is 0.0517. The van der Waals surface area contributed by atoms with Crippen molar-refractivity contribution in [3.8, 4) is 0 Å².